The van der Waals surface area contributed by atoms with Crippen molar-refractivity contribution in [1.29, 1.82) is 0 Å². The molecule has 2 aromatic carbocycles. The minimum absolute atomic E-state index is 0.161. The third-order valence-corrected chi connectivity index (χ3v) is 6.92. The molecule has 0 radical (unpaired) electrons. The van der Waals surface area contributed by atoms with Crippen LogP contribution in [0.15, 0.2) is 47.4 Å². The summed E-state index contributed by atoms with van der Waals surface area (Å²) in [5, 5.41) is 3.48. The number of hydrogen-bond donors (Lipinski definition) is 1. The van der Waals surface area contributed by atoms with Crippen LogP contribution >= 0.6 is 23.2 Å². The van der Waals surface area contributed by atoms with Crippen LogP contribution in [0.25, 0.3) is 0 Å². The molecule has 6 nitrogen and oxygen atoms in total. The van der Waals surface area contributed by atoms with Crippen LogP contribution in [0, 0.1) is 0 Å². The molecule has 1 aliphatic rings. The Morgan fingerprint density at radius 3 is 2.18 bits per heavy atom. The van der Waals surface area contributed by atoms with Gasteiger partial charge in [0.2, 0.25) is 15.9 Å². The molecule has 2 aromatic rings. The maximum atomic E-state index is 12.8. The summed E-state index contributed by atoms with van der Waals surface area (Å²) in [6, 6.07) is 11.3. The lowest BCUT2D eigenvalue weighted by Crippen LogP contribution is -2.41. The Labute approximate surface area is 174 Å². The van der Waals surface area contributed by atoms with E-state index in [1.54, 1.807) is 30.3 Å². The first kappa shape index (κ1) is 20.9. The number of amides is 1. The number of carbonyl (C=O) groups excluding carboxylic acids is 1. The lowest BCUT2D eigenvalue weighted by atomic mass is 10.1. The first-order valence-corrected chi connectivity index (χ1v) is 11.0. The summed E-state index contributed by atoms with van der Waals surface area (Å²) in [6.45, 7) is 2.07. The second kappa shape index (κ2) is 8.69. The van der Waals surface area contributed by atoms with Crippen LogP contribution in [0.1, 0.15) is 19.8 Å². The Bertz CT molecular complexity index is 936. The van der Waals surface area contributed by atoms with Gasteiger partial charge in [-0.1, -0.05) is 29.3 Å². The average Bonchev–Trinajstić information content (AvgIpc) is 2.65. The maximum absolute atomic E-state index is 12.8. The van der Waals surface area contributed by atoms with Gasteiger partial charge in [0.25, 0.3) is 0 Å². The van der Waals surface area contributed by atoms with Gasteiger partial charge >= 0.3 is 0 Å². The number of halogens is 2. The van der Waals surface area contributed by atoms with E-state index in [9.17, 15) is 13.2 Å². The third-order valence-electron chi connectivity index (χ3n) is 4.42. The van der Waals surface area contributed by atoms with Crippen LogP contribution in [-0.4, -0.2) is 37.8 Å². The number of anilines is 1. The first-order valence-electron chi connectivity index (χ1n) is 8.76. The topological polar surface area (TPSA) is 75.7 Å². The molecule has 1 N–H and O–H groups in total. The zero-order chi connectivity index (χ0) is 20.3. The molecule has 1 amide bonds. The molecule has 0 bridgehead atoms. The standard InChI is InChI=1S/C19H20Cl2N2O4S/c1-13(24)22-14-5-7-16(8-6-14)28(25,26)23-11-9-15(10-12-23)27-19-17(20)3-2-4-18(19)21/h2-8,15H,9-12H2,1H3,(H,22,24). The summed E-state index contributed by atoms with van der Waals surface area (Å²) in [6.07, 6.45) is 0.904. The fraction of sp³-hybridized carbons (Fsp3) is 0.316. The molecule has 3 rings (SSSR count). The average molecular weight is 443 g/mol. The number of ether oxygens (including phenoxy) is 1. The molecular weight excluding hydrogens is 423 g/mol. The molecule has 28 heavy (non-hydrogen) atoms. The summed E-state index contributed by atoms with van der Waals surface area (Å²) in [4.78, 5) is 11.3. The molecule has 0 unspecified atom stereocenters. The Morgan fingerprint density at radius 2 is 1.64 bits per heavy atom. The highest BCUT2D eigenvalue weighted by Gasteiger charge is 2.30. The van der Waals surface area contributed by atoms with Crippen molar-refractivity contribution in [3.05, 3.63) is 52.5 Å². The van der Waals surface area contributed by atoms with E-state index in [1.807, 2.05) is 0 Å². The first-order chi connectivity index (χ1) is 13.3. The van der Waals surface area contributed by atoms with Crippen molar-refractivity contribution in [2.75, 3.05) is 18.4 Å². The minimum Gasteiger partial charge on any atom is -0.487 e. The van der Waals surface area contributed by atoms with Crippen molar-refractivity contribution < 1.29 is 17.9 Å². The van der Waals surface area contributed by atoms with E-state index in [0.29, 0.717) is 47.4 Å². The van der Waals surface area contributed by atoms with Crippen LogP contribution in [0.3, 0.4) is 0 Å². The molecule has 1 heterocycles. The van der Waals surface area contributed by atoms with Gasteiger partial charge in [-0.25, -0.2) is 8.42 Å². The summed E-state index contributed by atoms with van der Waals surface area (Å²) < 4.78 is 33.0. The van der Waals surface area contributed by atoms with Crippen LogP contribution in [0.5, 0.6) is 5.75 Å². The molecule has 1 aliphatic heterocycles. The molecule has 0 spiro atoms. The fourth-order valence-corrected chi connectivity index (χ4v) is 4.97. The SMILES string of the molecule is CC(=O)Nc1ccc(S(=O)(=O)N2CCC(Oc3c(Cl)cccc3Cl)CC2)cc1. The molecule has 1 saturated heterocycles. The van der Waals surface area contributed by atoms with E-state index in [0.717, 1.165) is 0 Å². The van der Waals surface area contributed by atoms with Gasteiger partial charge in [0, 0.05) is 25.7 Å². The van der Waals surface area contributed by atoms with E-state index < -0.39 is 10.0 Å². The highest BCUT2D eigenvalue weighted by atomic mass is 35.5. The Balaban J connectivity index is 1.64. The van der Waals surface area contributed by atoms with Crippen molar-refractivity contribution in [2.45, 2.75) is 30.8 Å². The second-order valence-electron chi connectivity index (χ2n) is 6.48. The molecule has 0 atom stereocenters. The normalized spacial score (nSPS) is 16.0. The summed E-state index contributed by atoms with van der Waals surface area (Å²) in [7, 11) is -3.61. The van der Waals surface area contributed by atoms with Crippen LogP contribution in [0.4, 0.5) is 5.69 Å². The number of carbonyl (C=O) groups is 1. The molecule has 0 aliphatic carbocycles. The number of piperidine rings is 1. The molecule has 1 fully saturated rings. The summed E-state index contributed by atoms with van der Waals surface area (Å²) in [5.74, 6) is 0.219. The zero-order valence-corrected chi connectivity index (χ0v) is 17.5. The predicted octanol–water partition coefficient (Wildman–Crippen LogP) is 4.18. The Morgan fingerprint density at radius 1 is 1.07 bits per heavy atom. The highest BCUT2D eigenvalue weighted by molar-refractivity contribution is 7.89. The Hall–Kier alpha value is -1.80. The molecule has 9 heteroatoms. The van der Waals surface area contributed by atoms with Gasteiger partial charge in [0.15, 0.2) is 5.75 Å². The summed E-state index contributed by atoms with van der Waals surface area (Å²) in [5.41, 5.74) is 0.551. The van der Waals surface area contributed by atoms with E-state index in [2.05, 4.69) is 5.32 Å². The van der Waals surface area contributed by atoms with Crippen LogP contribution in [0.2, 0.25) is 10.0 Å². The van der Waals surface area contributed by atoms with Crippen LogP contribution in [-0.2, 0) is 14.8 Å². The van der Waals surface area contributed by atoms with Gasteiger partial charge in [0.05, 0.1) is 14.9 Å². The lowest BCUT2D eigenvalue weighted by Gasteiger charge is -2.31. The maximum Gasteiger partial charge on any atom is 0.243 e. The fourth-order valence-electron chi connectivity index (χ4n) is 3.01. The quantitative estimate of drug-likeness (QED) is 0.752. The zero-order valence-electron chi connectivity index (χ0n) is 15.2. The Kier molecular flexibility index (Phi) is 6.50. The van der Waals surface area contributed by atoms with Gasteiger partial charge < -0.3 is 10.1 Å². The van der Waals surface area contributed by atoms with Crippen molar-refractivity contribution >= 4 is 44.8 Å². The smallest absolute Gasteiger partial charge is 0.243 e. The number of sulfonamides is 1. The van der Waals surface area contributed by atoms with E-state index in [1.165, 1.54) is 23.4 Å². The number of nitrogens with zero attached hydrogens (tertiary/aromatic N) is 1. The second-order valence-corrected chi connectivity index (χ2v) is 9.23. The number of para-hydroxylation sites is 1. The number of hydrogen-bond acceptors (Lipinski definition) is 4. The highest BCUT2D eigenvalue weighted by Crippen LogP contribution is 2.34. The largest absolute Gasteiger partial charge is 0.487 e. The van der Waals surface area contributed by atoms with Crippen LogP contribution < -0.4 is 10.1 Å². The predicted molar refractivity (Wildman–Crippen MR) is 110 cm³/mol. The summed E-state index contributed by atoms with van der Waals surface area (Å²) >= 11 is 12.3. The number of benzene rings is 2. The molecular formula is C19H20Cl2N2O4S. The van der Waals surface area contributed by atoms with Crippen molar-refractivity contribution in [1.82, 2.24) is 4.31 Å². The van der Waals surface area contributed by atoms with Crippen molar-refractivity contribution in [3.63, 3.8) is 0 Å². The third kappa shape index (κ3) is 4.78. The van der Waals surface area contributed by atoms with Gasteiger partial charge in [-0.2, -0.15) is 4.31 Å². The van der Waals surface area contributed by atoms with Gasteiger partial charge in [-0.15, -0.1) is 0 Å². The minimum atomic E-state index is -3.61. The van der Waals surface area contributed by atoms with E-state index in [-0.39, 0.29) is 16.9 Å². The molecule has 0 saturated carbocycles. The number of nitrogens with one attached hydrogen (secondary N) is 1. The van der Waals surface area contributed by atoms with E-state index in [4.69, 9.17) is 27.9 Å². The van der Waals surface area contributed by atoms with Gasteiger partial charge in [0.1, 0.15) is 6.10 Å². The number of rotatable bonds is 5. The molecule has 150 valence electrons. The monoisotopic (exact) mass is 442 g/mol. The van der Waals surface area contributed by atoms with Gasteiger partial charge in [-0.3, -0.25) is 4.79 Å². The van der Waals surface area contributed by atoms with E-state index >= 15 is 0 Å². The lowest BCUT2D eigenvalue weighted by molar-refractivity contribution is -0.114. The van der Waals surface area contributed by atoms with Crippen molar-refractivity contribution in [3.8, 4) is 5.75 Å². The van der Waals surface area contributed by atoms with Gasteiger partial charge in [-0.05, 0) is 49.2 Å². The van der Waals surface area contributed by atoms with Crippen molar-refractivity contribution in [2.24, 2.45) is 0 Å². The molecule has 0 aromatic heterocycles.